The van der Waals surface area contributed by atoms with Crippen molar-refractivity contribution in [3.63, 3.8) is 0 Å². The van der Waals surface area contributed by atoms with Crippen molar-refractivity contribution < 1.29 is 18.4 Å². The Morgan fingerprint density at radius 1 is 1.19 bits per heavy atom. The van der Waals surface area contributed by atoms with E-state index in [1.54, 1.807) is 37.4 Å². The molecule has 0 aliphatic carbocycles. The number of carbonyl (C=O) groups excluding carboxylic acids is 2. The molecule has 0 spiro atoms. The minimum atomic E-state index is -1.02. The summed E-state index contributed by atoms with van der Waals surface area (Å²) in [6.07, 6.45) is 4.03. The van der Waals surface area contributed by atoms with Crippen molar-refractivity contribution >= 4 is 34.5 Å². The number of nitrogens with one attached hydrogen (secondary N) is 1. The van der Waals surface area contributed by atoms with E-state index in [2.05, 4.69) is 16.9 Å². The number of amides is 1. The molecule has 1 heterocycles. The number of anilines is 1. The maximum absolute atomic E-state index is 13.4. The predicted octanol–water partition coefficient (Wildman–Crippen LogP) is 3.87. The Kier molecular flexibility index (Phi) is 4.94. The second-order valence-electron chi connectivity index (χ2n) is 5.77. The van der Waals surface area contributed by atoms with Crippen LogP contribution >= 0.6 is 0 Å². The van der Waals surface area contributed by atoms with Crippen molar-refractivity contribution in [1.82, 2.24) is 9.55 Å². The average molecular weight is 367 g/mol. The van der Waals surface area contributed by atoms with Gasteiger partial charge in [0.1, 0.15) is 0 Å². The molecule has 0 fully saturated rings. The number of aryl methyl sites for hydroxylation is 1. The summed E-state index contributed by atoms with van der Waals surface area (Å²) < 4.78 is 28.2. The van der Waals surface area contributed by atoms with Gasteiger partial charge in [0.05, 0.1) is 11.0 Å². The van der Waals surface area contributed by atoms with Crippen LogP contribution in [0.3, 0.4) is 0 Å². The number of nitrogens with zero attached hydrogens (tertiary/aromatic N) is 2. The molecule has 136 valence electrons. The first kappa shape index (κ1) is 18.2. The number of rotatable bonds is 5. The van der Waals surface area contributed by atoms with Gasteiger partial charge < -0.3 is 9.88 Å². The predicted molar refractivity (Wildman–Crippen MR) is 99.3 cm³/mol. The molecule has 0 saturated carbocycles. The molecule has 0 atom stereocenters. The van der Waals surface area contributed by atoms with Gasteiger partial charge in [0, 0.05) is 24.9 Å². The molecule has 1 amide bonds. The molecule has 0 aliphatic rings. The Morgan fingerprint density at radius 2 is 1.93 bits per heavy atom. The molecule has 3 rings (SSSR count). The molecule has 2 aromatic carbocycles. The molecule has 0 bridgehead atoms. The van der Waals surface area contributed by atoms with Crippen LogP contribution in [0.25, 0.3) is 17.1 Å². The third-order valence-electron chi connectivity index (χ3n) is 3.91. The number of imidazole rings is 1. The van der Waals surface area contributed by atoms with E-state index in [-0.39, 0.29) is 17.2 Å². The van der Waals surface area contributed by atoms with Gasteiger partial charge >= 0.3 is 0 Å². The summed E-state index contributed by atoms with van der Waals surface area (Å²) in [5, 5.41) is 2.63. The van der Waals surface area contributed by atoms with Crippen molar-refractivity contribution in [3.8, 4) is 0 Å². The Balaban J connectivity index is 1.86. The highest BCUT2D eigenvalue weighted by Gasteiger charge is 2.15. The molecule has 0 unspecified atom stereocenters. The first-order valence-corrected chi connectivity index (χ1v) is 7.96. The lowest BCUT2D eigenvalue weighted by molar-refractivity contribution is -0.111. The molecule has 0 radical (unpaired) electrons. The van der Waals surface area contributed by atoms with E-state index in [4.69, 9.17) is 0 Å². The SMILES string of the molecule is C=CC(=O)Nc1cccc(/C=C/C(=O)c2nc3cc(F)c(F)cc3n2C)c1. The van der Waals surface area contributed by atoms with Crippen LogP contribution in [0.15, 0.2) is 55.1 Å². The molecule has 1 N–H and O–H groups in total. The number of allylic oxidation sites excluding steroid dienone is 1. The highest BCUT2D eigenvalue weighted by atomic mass is 19.2. The summed E-state index contributed by atoms with van der Waals surface area (Å²) in [4.78, 5) is 27.9. The molecular formula is C20H15F2N3O2. The summed E-state index contributed by atoms with van der Waals surface area (Å²) in [6, 6.07) is 8.83. The largest absolute Gasteiger partial charge is 0.324 e. The summed E-state index contributed by atoms with van der Waals surface area (Å²) in [6.45, 7) is 3.38. The van der Waals surface area contributed by atoms with Crippen LogP contribution in [0, 0.1) is 11.6 Å². The standard InChI is InChI=1S/C20H15F2N3O2/c1-3-19(27)23-13-6-4-5-12(9-13)7-8-18(26)20-24-16-10-14(21)15(22)11-17(16)25(20)2/h3-11H,1H2,2H3,(H,23,27)/b8-7+. The minimum Gasteiger partial charge on any atom is -0.324 e. The molecule has 0 saturated heterocycles. The highest BCUT2D eigenvalue weighted by molar-refractivity contribution is 6.06. The van der Waals surface area contributed by atoms with Crippen molar-refractivity contribution in [2.45, 2.75) is 0 Å². The molecular weight excluding hydrogens is 352 g/mol. The number of aromatic nitrogens is 2. The molecule has 5 nitrogen and oxygen atoms in total. The van der Waals surface area contributed by atoms with Gasteiger partial charge in [-0.05, 0) is 29.8 Å². The van der Waals surface area contributed by atoms with Crippen LogP contribution < -0.4 is 5.32 Å². The molecule has 7 heteroatoms. The van der Waals surface area contributed by atoms with Crippen LogP contribution in [-0.4, -0.2) is 21.2 Å². The van der Waals surface area contributed by atoms with Crippen LogP contribution in [0.2, 0.25) is 0 Å². The number of hydrogen-bond donors (Lipinski definition) is 1. The van der Waals surface area contributed by atoms with Gasteiger partial charge in [-0.3, -0.25) is 9.59 Å². The monoisotopic (exact) mass is 367 g/mol. The van der Waals surface area contributed by atoms with Gasteiger partial charge in [0.15, 0.2) is 17.5 Å². The first-order chi connectivity index (χ1) is 12.9. The number of benzene rings is 2. The van der Waals surface area contributed by atoms with Gasteiger partial charge in [-0.2, -0.15) is 0 Å². The van der Waals surface area contributed by atoms with Crippen LogP contribution in [-0.2, 0) is 11.8 Å². The van der Waals surface area contributed by atoms with Gasteiger partial charge in [0.2, 0.25) is 11.7 Å². The van der Waals surface area contributed by atoms with E-state index in [9.17, 15) is 18.4 Å². The number of fused-ring (bicyclic) bond motifs is 1. The van der Waals surface area contributed by atoms with Crippen LogP contribution in [0.5, 0.6) is 0 Å². The lowest BCUT2D eigenvalue weighted by Gasteiger charge is -2.03. The van der Waals surface area contributed by atoms with Crippen molar-refractivity contribution in [3.05, 3.63) is 78.2 Å². The molecule has 3 aromatic rings. The van der Waals surface area contributed by atoms with E-state index >= 15 is 0 Å². The van der Waals surface area contributed by atoms with Gasteiger partial charge in [-0.15, -0.1) is 0 Å². The maximum Gasteiger partial charge on any atom is 0.247 e. The van der Waals surface area contributed by atoms with Gasteiger partial charge in [-0.25, -0.2) is 13.8 Å². The normalized spacial score (nSPS) is 11.1. The van der Waals surface area contributed by atoms with E-state index < -0.39 is 17.4 Å². The zero-order valence-corrected chi connectivity index (χ0v) is 14.4. The zero-order valence-electron chi connectivity index (χ0n) is 14.4. The third-order valence-corrected chi connectivity index (χ3v) is 3.91. The average Bonchev–Trinajstić information content (AvgIpc) is 2.96. The molecule has 27 heavy (non-hydrogen) atoms. The number of hydrogen-bond acceptors (Lipinski definition) is 3. The lowest BCUT2D eigenvalue weighted by atomic mass is 10.1. The summed E-state index contributed by atoms with van der Waals surface area (Å²) in [5.41, 5.74) is 1.76. The van der Waals surface area contributed by atoms with Crippen LogP contribution in [0.1, 0.15) is 16.2 Å². The highest BCUT2D eigenvalue weighted by Crippen LogP contribution is 2.20. The van der Waals surface area contributed by atoms with E-state index in [1.165, 1.54) is 10.6 Å². The Hall–Kier alpha value is -3.61. The van der Waals surface area contributed by atoms with Gasteiger partial charge in [0.25, 0.3) is 0 Å². The van der Waals surface area contributed by atoms with E-state index in [0.29, 0.717) is 16.8 Å². The minimum absolute atomic E-state index is 0.0577. The lowest BCUT2D eigenvalue weighted by Crippen LogP contribution is -2.07. The smallest absolute Gasteiger partial charge is 0.247 e. The van der Waals surface area contributed by atoms with E-state index in [0.717, 1.165) is 18.2 Å². The van der Waals surface area contributed by atoms with Crippen molar-refractivity contribution in [1.29, 1.82) is 0 Å². The van der Waals surface area contributed by atoms with Crippen molar-refractivity contribution in [2.75, 3.05) is 5.32 Å². The fraction of sp³-hybridized carbons (Fsp3) is 0.0500. The number of halogens is 2. The Morgan fingerprint density at radius 3 is 2.67 bits per heavy atom. The van der Waals surface area contributed by atoms with Gasteiger partial charge in [-0.1, -0.05) is 24.8 Å². The topological polar surface area (TPSA) is 64.0 Å². The van der Waals surface area contributed by atoms with Crippen LogP contribution in [0.4, 0.5) is 14.5 Å². The maximum atomic E-state index is 13.4. The first-order valence-electron chi connectivity index (χ1n) is 7.96. The van der Waals surface area contributed by atoms with Crippen molar-refractivity contribution in [2.24, 2.45) is 7.05 Å². The fourth-order valence-electron chi connectivity index (χ4n) is 2.57. The van der Waals surface area contributed by atoms with E-state index in [1.807, 2.05) is 0 Å². The Labute approximate surface area is 153 Å². The summed E-state index contributed by atoms with van der Waals surface area (Å²) >= 11 is 0. The fourth-order valence-corrected chi connectivity index (χ4v) is 2.57. The molecule has 0 aliphatic heterocycles. The second kappa shape index (κ2) is 7.33. The Bertz CT molecular complexity index is 1100. The second-order valence-corrected chi connectivity index (χ2v) is 5.77. The molecule has 1 aromatic heterocycles. The number of ketones is 1. The third kappa shape index (κ3) is 3.82. The summed E-state index contributed by atoms with van der Waals surface area (Å²) in [7, 11) is 1.55. The summed E-state index contributed by atoms with van der Waals surface area (Å²) in [5.74, 6) is -2.73. The number of carbonyl (C=O) groups is 2. The zero-order chi connectivity index (χ0) is 19.6. The quantitative estimate of drug-likeness (QED) is 0.550.